The molecule has 0 radical (unpaired) electrons. The van der Waals surface area contributed by atoms with Gasteiger partial charge in [0, 0.05) is 10.6 Å². The molecule has 4 rings (SSSR count). The average Bonchev–Trinajstić information content (AvgIpc) is 3.28. The Kier molecular flexibility index (Phi) is 9.21. The Morgan fingerprint density at radius 2 is 1.66 bits per heavy atom. The van der Waals surface area contributed by atoms with Crippen molar-refractivity contribution in [3.8, 4) is 22.9 Å². The maximum absolute atomic E-state index is 11.6. The molecule has 0 N–H and O–H groups in total. The fourth-order valence-corrected chi connectivity index (χ4v) is 5.06. The van der Waals surface area contributed by atoms with Crippen LogP contribution < -0.4 is 14.2 Å². The summed E-state index contributed by atoms with van der Waals surface area (Å²) in [4.78, 5) is 11.3. The van der Waals surface area contributed by atoms with E-state index in [0.29, 0.717) is 42.3 Å². The van der Waals surface area contributed by atoms with Gasteiger partial charge in [-0.2, -0.15) is 0 Å². The Morgan fingerprint density at radius 1 is 0.921 bits per heavy atom. The van der Waals surface area contributed by atoms with Gasteiger partial charge in [0.15, 0.2) is 16.7 Å². The third-order valence-corrected chi connectivity index (χ3v) is 6.82. The molecule has 0 saturated carbocycles. The Balaban J connectivity index is 1.61. The van der Waals surface area contributed by atoms with E-state index in [0.717, 1.165) is 22.6 Å². The smallest absolute Gasteiger partial charge is 0.220 e. The number of benzene rings is 3. The summed E-state index contributed by atoms with van der Waals surface area (Å²) < 4.78 is 19.3. The van der Waals surface area contributed by atoms with E-state index in [1.807, 2.05) is 92.1 Å². The summed E-state index contributed by atoms with van der Waals surface area (Å²) in [7, 11) is 0. The van der Waals surface area contributed by atoms with Crippen molar-refractivity contribution in [1.82, 2.24) is 14.8 Å². The summed E-state index contributed by atoms with van der Waals surface area (Å²) in [5.41, 5.74) is 2.61. The van der Waals surface area contributed by atoms with Gasteiger partial charge in [0.05, 0.1) is 13.2 Å². The highest BCUT2D eigenvalue weighted by atomic mass is 32.2. The quantitative estimate of drug-likeness (QED) is 0.116. The molecule has 4 aromatic rings. The molecule has 1 atom stereocenters. The molecular weight excluding hydrogens is 504 g/mol. The van der Waals surface area contributed by atoms with Crippen LogP contribution in [0.5, 0.6) is 17.2 Å². The summed E-state index contributed by atoms with van der Waals surface area (Å²) in [6, 6.07) is 22.9. The van der Waals surface area contributed by atoms with Crippen LogP contribution in [0.25, 0.3) is 5.69 Å². The van der Waals surface area contributed by atoms with Crippen LogP contribution in [0.2, 0.25) is 0 Å². The SMILES string of the molecule is CCOc1ccc(-n2c(C)nnc2S[C@H](C[N+](=O)[O-])c2ccc(OCc3ccccc3)c(OCC)c2)cc1. The number of hydrogen-bond donors (Lipinski definition) is 0. The van der Waals surface area contributed by atoms with Gasteiger partial charge in [0.1, 0.15) is 23.4 Å². The second-order valence-corrected chi connectivity index (χ2v) is 9.50. The molecular formula is C28H30N4O5S. The number of aromatic nitrogens is 3. The molecule has 0 aliphatic carbocycles. The molecule has 10 heteroatoms. The van der Waals surface area contributed by atoms with Gasteiger partial charge in [0.2, 0.25) is 6.54 Å². The zero-order valence-corrected chi connectivity index (χ0v) is 22.4. The topological polar surface area (TPSA) is 102 Å². The van der Waals surface area contributed by atoms with Crippen molar-refractivity contribution in [2.75, 3.05) is 19.8 Å². The summed E-state index contributed by atoms with van der Waals surface area (Å²) in [5.74, 6) is 2.56. The fraction of sp³-hybridized carbons (Fsp3) is 0.286. The Labute approximate surface area is 225 Å². The van der Waals surface area contributed by atoms with Gasteiger partial charge in [-0.3, -0.25) is 14.7 Å². The molecule has 0 fully saturated rings. The largest absolute Gasteiger partial charge is 0.494 e. The van der Waals surface area contributed by atoms with E-state index in [2.05, 4.69) is 10.2 Å². The number of nitrogens with zero attached hydrogens (tertiary/aromatic N) is 4. The first-order valence-corrected chi connectivity index (χ1v) is 13.2. The van der Waals surface area contributed by atoms with E-state index in [1.54, 1.807) is 6.07 Å². The molecule has 0 aliphatic heterocycles. The standard InChI is InChI=1S/C28H30N4O5S/c1-4-35-24-14-12-23(13-15-24)32-20(3)29-30-28(32)38-27(18-31(33)34)22-11-16-25(26(17-22)36-5-2)37-19-21-9-7-6-8-10-21/h6-17,27H,4-5,18-19H2,1-3H3/t27-/m1/s1. The third-order valence-electron chi connectivity index (χ3n) is 5.64. The number of hydrogen-bond acceptors (Lipinski definition) is 8. The van der Waals surface area contributed by atoms with Crippen molar-refractivity contribution in [3.63, 3.8) is 0 Å². The van der Waals surface area contributed by atoms with Crippen LogP contribution in [-0.4, -0.2) is 39.4 Å². The molecule has 3 aromatic carbocycles. The minimum absolute atomic E-state index is 0.296. The van der Waals surface area contributed by atoms with Crippen molar-refractivity contribution >= 4 is 11.8 Å². The molecule has 198 valence electrons. The van der Waals surface area contributed by atoms with Gasteiger partial charge in [-0.1, -0.05) is 48.2 Å². The second kappa shape index (κ2) is 13.0. The number of rotatable bonds is 13. The van der Waals surface area contributed by atoms with Crippen LogP contribution >= 0.6 is 11.8 Å². The van der Waals surface area contributed by atoms with Crippen molar-refractivity contribution in [3.05, 3.63) is 99.9 Å². The normalized spacial score (nSPS) is 11.7. The highest BCUT2D eigenvalue weighted by Gasteiger charge is 2.25. The molecule has 1 aromatic heterocycles. The molecule has 0 unspecified atom stereocenters. The lowest BCUT2D eigenvalue weighted by atomic mass is 10.1. The van der Waals surface area contributed by atoms with Crippen molar-refractivity contribution < 1.29 is 19.1 Å². The minimum atomic E-state index is -0.530. The monoisotopic (exact) mass is 534 g/mol. The summed E-state index contributed by atoms with van der Waals surface area (Å²) in [6.07, 6.45) is 0. The van der Waals surface area contributed by atoms with Crippen LogP contribution in [0, 0.1) is 17.0 Å². The zero-order chi connectivity index (χ0) is 26.9. The van der Waals surface area contributed by atoms with Crippen LogP contribution in [0.1, 0.15) is 36.0 Å². The zero-order valence-electron chi connectivity index (χ0n) is 21.6. The molecule has 38 heavy (non-hydrogen) atoms. The van der Waals surface area contributed by atoms with Crippen LogP contribution in [0.4, 0.5) is 0 Å². The first kappa shape index (κ1) is 27.0. The van der Waals surface area contributed by atoms with Crippen LogP contribution in [0.15, 0.2) is 78.0 Å². The summed E-state index contributed by atoms with van der Waals surface area (Å²) in [6.45, 7) is 6.77. The van der Waals surface area contributed by atoms with Gasteiger partial charge in [-0.25, -0.2) is 0 Å². The first-order valence-electron chi connectivity index (χ1n) is 12.4. The number of thioether (sulfide) groups is 1. The first-order chi connectivity index (χ1) is 18.5. The molecule has 9 nitrogen and oxygen atoms in total. The number of ether oxygens (including phenoxy) is 3. The van der Waals surface area contributed by atoms with Crippen molar-refractivity contribution in [2.24, 2.45) is 0 Å². The van der Waals surface area contributed by atoms with Gasteiger partial charge in [-0.05, 0) is 68.3 Å². The highest BCUT2D eigenvalue weighted by Crippen LogP contribution is 2.40. The molecule has 0 amide bonds. The Bertz CT molecular complexity index is 1350. The lowest BCUT2D eigenvalue weighted by Crippen LogP contribution is -2.11. The van der Waals surface area contributed by atoms with Crippen LogP contribution in [-0.2, 0) is 6.61 Å². The number of nitro groups is 1. The molecule has 1 heterocycles. The van der Waals surface area contributed by atoms with Gasteiger partial charge >= 0.3 is 0 Å². The Hall–Kier alpha value is -4.05. The van der Waals surface area contributed by atoms with E-state index in [9.17, 15) is 10.1 Å². The predicted molar refractivity (Wildman–Crippen MR) is 146 cm³/mol. The maximum atomic E-state index is 11.6. The van der Waals surface area contributed by atoms with E-state index in [4.69, 9.17) is 14.2 Å². The Morgan fingerprint density at radius 3 is 2.34 bits per heavy atom. The van der Waals surface area contributed by atoms with Gasteiger partial charge in [0.25, 0.3) is 0 Å². The van der Waals surface area contributed by atoms with E-state index in [-0.39, 0.29) is 11.5 Å². The maximum Gasteiger partial charge on any atom is 0.220 e. The van der Waals surface area contributed by atoms with E-state index < -0.39 is 5.25 Å². The van der Waals surface area contributed by atoms with Crippen LogP contribution in [0.3, 0.4) is 0 Å². The summed E-state index contributed by atoms with van der Waals surface area (Å²) in [5, 5.41) is 20.2. The second-order valence-electron chi connectivity index (χ2n) is 8.33. The lowest BCUT2D eigenvalue weighted by Gasteiger charge is -2.17. The lowest BCUT2D eigenvalue weighted by molar-refractivity contribution is -0.479. The molecule has 0 spiro atoms. The fourth-order valence-electron chi connectivity index (χ4n) is 3.90. The van der Waals surface area contributed by atoms with Crippen molar-refractivity contribution in [2.45, 2.75) is 37.8 Å². The van der Waals surface area contributed by atoms with Gasteiger partial charge < -0.3 is 14.2 Å². The van der Waals surface area contributed by atoms with Gasteiger partial charge in [-0.15, -0.1) is 10.2 Å². The highest BCUT2D eigenvalue weighted by molar-refractivity contribution is 7.99. The molecule has 0 saturated heterocycles. The minimum Gasteiger partial charge on any atom is -0.494 e. The predicted octanol–water partition coefficient (Wildman–Crippen LogP) is 6.06. The summed E-state index contributed by atoms with van der Waals surface area (Å²) >= 11 is 1.29. The molecule has 0 bridgehead atoms. The number of aryl methyl sites for hydroxylation is 1. The van der Waals surface area contributed by atoms with Crippen molar-refractivity contribution in [1.29, 1.82) is 0 Å². The van der Waals surface area contributed by atoms with E-state index >= 15 is 0 Å². The average molecular weight is 535 g/mol. The molecule has 0 aliphatic rings. The van der Waals surface area contributed by atoms with E-state index in [1.165, 1.54) is 11.8 Å². The third kappa shape index (κ3) is 6.83.